The van der Waals surface area contributed by atoms with Crippen molar-refractivity contribution in [3.05, 3.63) is 30.1 Å². The summed E-state index contributed by atoms with van der Waals surface area (Å²) in [6.07, 6.45) is 6.29. The van der Waals surface area contributed by atoms with E-state index in [-0.39, 0.29) is 11.8 Å². The number of likely N-dealkylation sites (tertiary alicyclic amines) is 2. The minimum Gasteiger partial charge on any atom is -0.469 e. The Bertz CT molecular complexity index is 778. The predicted molar refractivity (Wildman–Crippen MR) is 135 cm³/mol. The molecular weight excluding hydrogens is 431 g/mol. The first kappa shape index (κ1) is 25.4. The van der Waals surface area contributed by atoms with Gasteiger partial charge in [-0.2, -0.15) is 0 Å². The van der Waals surface area contributed by atoms with Gasteiger partial charge in [0.2, 0.25) is 0 Å². The first-order valence-electron chi connectivity index (χ1n) is 13.4. The van der Waals surface area contributed by atoms with Crippen LogP contribution in [0, 0.1) is 11.7 Å². The SMILES string of the molecule is CCCN1CCC(N2CC[C@H](N3CCN(c4ccccc4F)CC3)[C@H](CCC(=O)OC)C2)CC1. The van der Waals surface area contributed by atoms with E-state index >= 15 is 0 Å². The van der Waals surface area contributed by atoms with E-state index in [0.717, 1.165) is 52.1 Å². The molecule has 190 valence electrons. The standard InChI is InChI=1S/C27H43FN4O2/c1-3-13-29-14-10-23(11-15-29)32-16-12-25(22(21-32)8-9-27(33)34-2)30-17-19-31(20-18-30)26-7-5-4-6-24(26)28/h4-7,22-23,25H,3,8-21H2,1-2H3/t22-,25+/m1/s1. The molecule has 0 saturated carbocycles. The van der Waals surface area contributed by atoms with Crippen molar-refractivity contribution in [2.75, 3.05) is 70.9 Å². The van der Waals surface area contributed by atoms with E-state index in [1.165, 1.54) is 46.0 Å². The zero-order valence-corrected chi connectivity index (χ0v) is 21.1. The number of esters is 1. The van der Waals surface area contributed by atoms with Gasteiger partial charge < -0.3 is 14.5 Å². The summed E-state index contributed by atoms with van der Waals surface area (Å²) in [7, 11) is 1.49. The first-order chi connectivity index (χ1) is 16.6. The number of methoxy groups -OCH3 is 1. The Morgan fingerprint density at radius 3 is 2.41 bits per heavy atom. The van der Waals surface area contributed by atoms with Gasteiger partial charge in [0.05, 0.1) is 12.8 Å². The van der Waals surface area contributed by atoms with Gasteiger partial charge in [-0.1, -0.05) is 19.1 Å². The van der Waals surface area contributed by atoms with Gasteiger partial charge in [-0.25, -0.2) is 4.39 Å². The van der Waals surface area contributed by atoms with Gasteiger partial charge in [-0.3, -0.25) is 14.6 Å². The first-order valence-corrected chi connectivity index (χ1v) is 13.4. The van der Waals surface area contributed by atoms with Crippen LogP contribution in [0.3, 0.4) is 0 Å². The minimum atomic E-state index is -0.134. The smallest absolute Gasteiger partial charge is 0.305 e. The number of nitrogens with zero attached hydrogens (tertiary/aromatic N) is 4. The van der Waals surface area contributed by atoms with Gasteiger partial charge in [0, 0.05) is 51.2 Å². The number of benzene rings is 1. The van der Waals surface area contributed by atoms with E-state index in [1.807, 2.05) is 12.1 Å². The molecule has 1 aromatic rings. The normalized spacial score (nSPS) is 26.0. The number of ether oxygens (including phenoxy) is 1. The summed E-state index contributed by atoms with van der Waals surface area (Å²) in [5.41, 5.74) is 0.716. The van der Waals surface area contributed by atoms with E-state index in [2.05, 4.69) is 26.5 Å². The number of piperidine rings is 2. The molecule has 0 spiro atoms. The van der Waals surface area contributed by atoms with Crippen molar-refractivity contribution in [1.29, 1.82) is 0 Å². The van der Waals surface area contributed by atoms with Gasteiger partial charge >= 0.3 is 5.97 Å². The second-order valence-electron chi connectivity index (χ2n) is 10.3. The molecule has 0 amide bonds. The molecule has 0 aromatic heterocycles. The molecular formula is C27H43FN4O2. The molecule has 0 radical (unpaired) electrons. The highest BCUT2D eigenvalue weighted by Crippen LogP contribution is 2.31. The van der Waals surface area contributed by atoms with Crippen molar-refractivity contribution in [3.8, 4) is 0 Å². The maximum atomic E-state index is 14.3. The summed E-state index contributed by atoms with van der Waals surface area (Å²) in [4.78, 5) is 22.1. The lowest BCUT2D eigenvalue weighted by atomic mass is 9.85. The van der Waals surface area contributed by atoms with Crippen LogP contribution in [-0.2, 0) is 9.53 Å². The van der Waals surface area contributed by atoms with E-state index in [0.29, 0.717) is 30.1 Å². The van der Waals surface area contributed by atoms with Gasteiger partial charge in [-0.05, 0) is 76.3 Å². The molecule has 1 aromatic carbocycles. The summed E-state index contributed by atoms with van der Waals surface area (Å²) in [5, 5.41) is 0. The molecule has 3 aliphatic rings. The van der Waals surface area contributed by atoms with Crippen LogP contribution in [0.4, 0.5) is 10.1 Å². The lowest BCUT2D eigenvalue weighted by Gasteiger charge is -2.49. The minimum absolute atomic E-state index is 0.104. The van der Waals surface area contributed by atoms with Gasteiger partial charge in [0.15, 0.2) is 0 Å². The van der Waals surface area contributed by atoms with E-state index in [9.17, 15) is 9.18 Å². The van der Waals surface area contributed by atoms with Crippen LogP contribution in [-0.4, -0.2) is 98.8 Å². The molecule has 3 heterocycles. The van der Waals surface area contributed by atoms with Crippen LogP contribution < -0.4 is 4.90 Å². The maximum Gasteiger partial charge on any atom is 0.305 e. The molecule has 0 bridgehead atoms. The molecule has 4 rings (SSSR count). The monoisotopic (exact) mass is 474 g/mol. The van der Waals surface area contributed by atoms with Crippen molar-refractivity contribution in [1.82, 2.24) is 14.7 Å². The molecule has 7 heteroatoms. The average Bonchev–Trinajstić information content (AvgIpc) is 2.88. The number of carbonyl (C=O) groups excluding carboxylic acids is 1. The maximum absolute atomic E-state index is 14.3. The fraction of sp³-hybridized carbons (Fsp3) is 0.741. The lowest BCUT2D eigenvalue weighted by molar-refractivity contribution is -0.141. The summed E-state index contributed by atoms with van der Waals surface area (Å²) in [6.45, 7) is 11.7. The molecule has 3 fully saturated rings. The van der Waals surface area contributed by atoms with Crippen molar-refractivity contribution < 1.29 is 13.9 Å². The number of rotatable bonds is 8. The highest BCUT2D eigenvalue weighted by molar-refractivity contribution is 5.69. The average molecular weight is 475 g/mol. The Morgan fingerprint density at radius 2 is 1.74 bits per heavy atom. The number of para-hydroxylation sites is 1. The second kappa shape index (κ2) is 12.3. The van der Waals surface area contributed by atoms with Gasteiger partial charge in [0.1, 0.15) is 5.82 Å². The van der Waals surface area contributed by atoms with E-state index in [1.54, 1.807) is 12.1 Å². The van der Waals surface area contributed by atoms with Crippen LogP contribution >= 0.6 is 0 Å². The second-order valence-corrected chi connectivity index (χ2v) is 10.3. The molecule has 34 heavy (non-hydrogen) atoms. The summed E-state index contributed by atoms with van der Waals surface area (Å²) >= 11 is 0. The zero-order chi connectivity index (χ0) is 23.9. The number of anilines is 1. The van der Waals surface area contributed by atoms with Crippen molar-refractivity contribution in [2.45, 2.75) is 57.5 Å². The molecule has 3 saturated heterocycles. The number of carbonyl (C=O) groups is 1. The number of hydrogen-bond donors (Lipinski definition) is 0. The fourth-order valence-electron chi connectivity index (χ4n) is 6.38. The van der Waals surface area contributed by atoms with E-state index in [4.69, 9.17) is 4.74 Å². The number of hydrogen-bond acceptors (Lipinski definition) is 6. The number of halogens is 1. The molecule has 0 N–H and O–H groups in total. The Kier molecular flexibility index (Phi) is 9.20. The summed E-state index contributed by atoms with van der Waals surface area (Å²) in [6, 6.07) is 8.26. The topological polar surface area (TPSA) is 39.3 Å². The zero-order valence-electron chi connectivity index (χ0n) is 21.1. The highest BCUT2D eigenvalue weighted by atomic mass is 19.1. The summed E-state index contributed by atoms with van der Waals surface area (Å²) < 4.78 is 19.2. The Labute approximate surface area is 205 Å². The lowest BCUT2D eigenvalue weighted by Crippen LogP contribution is -2.58. The quantitative estimate of drug-likeness (QED) is 0.538. The number of piperazine rings is 1. The van der Waals surface area contributed by atoms with Crippen LogP contribution in [0.5, 0.6) is 0 Å². The van der Waals surface area contributed by atoms with Crippen LogP contribution in [0.15, 0.2) is 24.3 Å². The fourth-order valence-corrected chi connectivity index (χ4v) is 6.38. The molecule has 6 nitrogen and oxygen atoms in total. The third-order valence-corrected chi connectivity index (χ3v) is 8.26. The summed E-state index contributed by atoms with van der Waals surface area (Å²) in [5.74, 6) is 0.236. The Morgan fingerprint density at radius 1 is 1.00 bits per heavy atom. The van der Waals surface area contributed by atoms with Crippen molar-refractivity contribution in [2.24, 2.45) is 5.92 Å². The van der Waals surface area contributed by atoms with Crippen LogP contribution in [0.25, 0.3) is 0 Å². The third-order valence-electron chi connectivity index (χ3n) is 8.26. The van der Waals surface area contributed by atoms with Gasteiger partial charge in [-0.15, -0.1) is 0 Å². The van der Waals surface area contributed by atoms with Crippen LogP contribution in [0.1, 0.15) is 45.4 Å². The molecule has 3 aliphatic heterocycles. The molecule has 2 atom stereocenters. The predicted octanol–water partition coefficient (Wildman–Crippen LogP) is 3.47. The third kappa shape index (κ3) is 6.29. The molecule has 0 unspecified atom stereocenters. The Balaban J connectivity index is 1.35. The largest absolute Gasteiger partial charge is 0.469 e. The Hall–Kier alpha value is -1.70. The van der Waals surface area contributed by atoms with Crippen LogP contribution in [0.2, 0.25) is 0 Å². The van der Waals surface area contributed by atoms with Crippen molar-refractivity contribution >= 4 is 11.7 Å². The molecule has 0 aliphatic carbocycles. The van der Waals surface area contributed by atoms with Crippen molar-refractivity contribution in [3.63, 3.8) is 0 Å². The highest BCUT2D eigenvalue weighted by Gasteiger charge is 2.37. The van der Waals surface area contributed by atoms with Gasteiger partial charge in [0.25, 0.3) is 0 Å². The van der Waals surface area contributed by atoms with E-state index < -0.39 is 0 Å².